The zero-order valence-corrected chi connectivity index (χ0v) is 10.2. The first-order valence-corrected chi connectivity index (χ1v) is 5.86. The van der Waals surface area contributed by atoms with Crippen molar-refractivity contribution in [3.8, 4) is 0 Å². The second kappa shape index (κ2) is 4.58. The van der Waals surface area contributed by atoms with Crippen molar-refractivity contribution in [2.75, 3.05) is 0 Å². The molecule has 2 aromatic rings. The fourth-order valence-electron chi connectivity index (χ4n) is 1.96. The van der Waals surface area contributed by atoms with E-state index in [1.165, 1.54) is 6.08 Å². The Hall–Kier alpha value is -3.02. The summed E-state index contributed by atoms with van der Waals surface area (Å²) in [5, 5.41) is 4.95. The molecule has 0 bridgehead atoms. The zero-order valence-electron chi connectivity index (χ0n) is 10.2. The minimum atomic E-state index is -0.806. The Morgan fingerprint density at radius 3 is 2.50 bits per heavy atom. The van der Waals surface area contributed by atoms with Crippen LogP contribution in [0.2, 0.25) is 0 Å². The van der Waals surface area contributed by atoms with E-state index in [2.05, 4.69) is 4.98 Å². The number of urea groups is 1. The normalized spacial score (nSPS) is 15.0. The van der Waals surface area contributed by atoms with E-state index in [0.717, 1.165) is 10.9 Å². The molecule has 0 unspecified atom stereocenters. The molecule has 98 valence electrons. The topological polar surface area (TPSA) is 88.2 Å². The number of nitrogens with one attached hydrogen (secondary N) is 2. The summed E-state index contributed by atoms with van der Waals surface area (Å²) >= 11 is 0. The van der Waals surface area contributed by atoms with Crippen LogP contribution >= 0.6 is 0 Å². The first kappa shape index (κ1) is 12.0. The molecule has 3 rings (SSSR count). The van der Waals surface area contributed by atoms with E-state index in [1.807, 2.05) is 22.8 Å². The molecule has 1 aromatic heterocycles. The van der Waals surface area contributed by atoms with Gasteiger partial charge in [-0.3, -0.25) is 25.2 Å². The van der Waals surface area contributed by atoms with Gasteiger partial charge in [-0.2, -0.15) is 0 Å². The van der Waals surface area contributed by atoms with E-state index < -0.39 is 17.8 Å². The molecule has 0 aliphatic carbocycles. The third-order valence-corrected chi connectivity index (χ3v) is 2.88. The molecule has 6 heteroatoms. The van der Waals surface area contributed by atoms with E-state index in [4.69, 9.17) is 0 Å². The van der Waals surface area contributed by atoms with Crippen LogP contribution in [-0.4, -0.2) is 22.8 Å². The van der Waals surface area contributed by atoms with E-state index in [0.29, 0.717) is 5.56 Å². The highest BCUT2D eigenvalue weighted by atomic mass is 16.2. The maximum Gasteiger partial charge on any atom is 0.328 e. The number of rotatable bonds is 1. The SMILES string of the molecule is O=C1NC(=O)C(=Cc2ccc3ncccc3c2)C(=O)N1. The summed E-state index contributed by atoms with van der Waals surface area (Å²) in [5.74, 6) is -1.41. The number of aromatic nitrogens is 1. The summed E-state index contributed by atoms with van der Waals surface area (Å²) in [7, 11) is 0. The van der Waals surface area contributed by atoms with Crippen LogP contribution < -0.4 is 10.6 Å². The summed E-state index contributed by atoms with van der Waals surface area (Å²) in [6.07, 6.45) is 3.12. The Bertz CT molecular complexity index is 758. The maximum absolute atomic E-state index is 11.6. The average Bonchev–Trinajstić information content (AvgIpc) is 2.42. The largest absolute Gasteiger partial charge is 0.328 e. The Balaban J connectivity index is 2.03. The Labute approximate surface area is 113 Å². The first-order chi connectivity index (χ1) is 9.63. The fraction of sp³-hybridized carbons (Fsp3) is 0. The van der Waals surface area contributed by atoms with E-state index in [1.54, 1.807) is 24.4 Å². The molecule has 1 aliphatic rings. The van der Waals surface area contributed by atoms with E-state index >= 15 is 0 Å². The smallest absolute Gasteiger partial charge is 0.273 e. The van der Waals surface area contributed by atoms with E-state index in [9.17, 15) is 14.4 Å². The van der Waals surface area contributed by atoms with Gasteiger partial charge in [-0.25, -0.2) is 4.79 Å². The summed E-state index contributed by atoms with van der Waals surface area (Å²) in [5.41, 5.74) is 1.40. The van der Waals surface area contributed by atoms with Crippen molar-refractivity contribution in [1.29, 1.82) is 0 Å². The molecule has 0 atom stereocenters. The molecule has 0 radical (unpaired) electrons. The van der Waals surface area contributed by atoms with Crippen molar-refractivity contribution in [3.05, 3.63) is 47.7 Å². The molecule has 20 heavy (non-hydrogen) atoms. The lowest BCUT2D eigenvalue weighted by Gasteiger charge is -2.13. The van der Waals surface area contributed by atoms with Gasteiger partial charge in [-0.1, -0.05) is 12.1 Å². The molecule has 0 saturated carbocycles. The van der Waals surface area contributed by atoms with Crippen molar-refractivity contribution in [2.45, 2.75) is 0 Å². The highest BCUT2D eigenvalue weighted by molar-refractivity contribution is 6.31. The molecular formula is C14H9N3O3. The van der Waals surface area contributed by atoms with Crippen LogP contribution in [0.25, 0.3) is 17.0 Å². The lowest BCUT2D eigenvalue weighted by Crippen LogP contribution is -2.51. The molecule has 1 fully saturated rings. The third-order valence-electron chi connectivity index (χ3n) is 2.88. The summed E-state index contributed by atoms with van der Waals surface area (Å²) in [6.45, 7) is 0. The molecule has 4 amide bonds. The standard InChI is InChI=1S/C14H9N3O3/c18-12-10(13(19)17-14(20)16-12)7-8-3-4-11-9(6-8)2-1-5-15-11/h1-7H,(H2,16,17,18,19,20). The number of benzene rings is 1. The van der Waals surface area contributed by atoms with Crippen LogP contribution in [0.1, 0.15) is 5.56 Å². The number of carbonyl (C=O) groups excluding carboxylic acids is 3. The molecule has 2 heterocycles. The minimum absolute atomic E-state index is 0.104. The number of amides is 4. The van der Waals surface area contributed by atoms with Gasteiger partial charge in [0.05, 0.1) is 5.52 Å². The second-order valence-electron chi connectivity index (χ2n) is 4.25. The first-order valence-electron chi connectivity index (χ1n) is 5.86. The number of pyridine rings is 1. The number of carbonyl (C=O) groups is 3. The Kier molecular flexibility index (Phi) is 2.76. The summed E-state index contributed by atoms with van der Waals surface area (Å²) in [6, 6.07) is 8.24. The number of nitrogens with zero attached hydrogens (tertiary/aromatic N) is 1. The van der Waals surface area contributed by atoms with Crippen molar-refractivity contribution in [3.63, 3.8) is 0 Å². The lowest BCUT2D eigenvalue weighted by atomic mass is 10.1. The second-order valence-corrected chi connectivity index (χ2v) is 4.25. The molecule has 2 N–H and O–H groups in total. The van der Waals surface area contributed by atoms with Crippen LogP contribution in [0.15, 0.2) is 42.1 Å². The molecule has 1 aliphatic heterocycles. The lowest BCUT2D eigenvalue weighted by molar-refractivity contribution is -0.123. The van der Waals surface area contributed by atoms with Gasteiger partial charge in [0.1, 0.15) is 5.57 Å². The number of fused-ring (bicyclic) bond motifs is 1. The predicted molar refractivity (Wildman–Crippen MR) is 71.4 cm³/mol. The van der Waals surface area contributed by atoms with Gasteiger partial charge in [-0.15, -0.1) is 0 Å². The highest BCUT2D eigenvalue weighted by Crippen LogP contribution is 2.16. The third kappa shape index (κ3) is 2.14. The minimum Gasteiger partial charge on any atom is -0.273 e. The van der Waals surface area contributed by atoms with Gasteiger partial charge >= 0.3 is 6.03 Å². The Morgan fingerprint density at radius 1 is 1.00 bits per heavy atom. The van der Waals surface area contributed by atoms with E-state index in [-0.39, 0.29) is 5.57 Å². The van der Waals surface area contributed by atoms with Gasteiger partial charge in [0.25, 0.3) is 11.8 Å². The molecule has 0 spiro atoms. The van der Waals surface area contributed by atoms with Crippen LogP contribution in [0.5, 0.6) is 0 Å². The van der Waals surface area contributed by atoms with Gasteiger partial charge in [0.2, 0.25) is 0 Å². The van der Waals surface area contributed by atoms with Gasteiger partial charge < -0.3 is 0 Å². The maximum atomic E-state index is 11.6. The quantitative estimate of drug-likeness (QED) is 0.595. The summed E-state index contributed by atoms with van der Waals surface area (Å²) in [4.78, 5) is 38.4. The average molecular weight is 267 g/mol. The van der Waals surface area contributed by atoms with Crippen LogP contribution in [-0.2, 0) is 9.59 Å². The van der Waals surface area contributed by atoms with Crippen molar-refractivity contribution in [2.24, 2.45) is 0 Å². The Morgan fingerprint density at radius 2 is 1.75 bits per heavy atom. The van der Waals surface area contributed by atoms with Crippen LogP contribution in [0, 0.1) is 0 Å². The molecule has 1 aromatic carbocycles. The van der Waals surface area contributed by atoms with Gasteiger partial charge in [0, 0.05) is 11.6 Å². The number of barbiturate groups is 1. The molecule has 6 nitrogen and oxygen atoms in total. The van der Waals surface area contributed by atoms with Gasteiger partial charge in [0.15, 0.2) is 0 Å². The van der Waals surface area contributed by atoms with Crippen LogP contribution in [0.4, 0.5) is 4.79 Å². The van der Waals surface area contributed by atoms with Crippen molar-refractivity contribution in [1.82, 2.24) is 15.6 Å². The predicted octanol–water partition coefficient (Wildman–Crippen LogP) is 0.984. The highest BCUT2D eigenvalue weighted by Gasteiger charge is 2.27. The molecular weight excluding hydrogens is 258 g/mol. The fourth-order valence-corrected chi connectivity index (χ4v) is 1.96. The number of hydrogen-bond donors (Lipinski definition) is 2. The van der Waals surface area contributed by atoms with Crippen molar-refractivity contribution >= 4 is 34.8 Å². The van der Waals surface area contributed by atoms with Gasteiger partial charge in [-0.05, 0) is 29.8 Å². The zero-order chi connectivity index (χ0) is 14.1. The van der Waals surface area contributed by atoms with Crippen LogP contribution in [0.3, 0.4) is 0 Å². The monoisotopic (exact) mass is 267 g/mol. The molecule has 1 saturated heterocycles. The van der Waals surface area contributed by atoms with Crippen molar-refractivity contribution < 1.29 is 14.4 Å². The summed E-state index contributed by atoms with van der Waals surface area (Å²) < 4.78 is 0. The number of imide groups is 2. The number of hydrogen-bond acceptors (Lipinski definition) is 4.